The molecule has 1 rings (SSSR count). The van der Waals surface area contributed by atoms with Gasteiger partial charge in [-0.25, -0.2) is 0 Å². The fraction of sp³-hybridized carbons (Fsp3) is 0.600. The van der Waals surface area contributed by atoms with Gasteiger partial charge in [0.1, 0.15) is 0 Å². The lowest BCUT2D eigenvalue weighted by Crippen LogP contribution is -1.89. The van der Waals surface area contributed by atoms with Crippen molar-refractivity contribution >= 4 is 0 Å². The standard InChI is InChI=1S/C15H24/c1-12-10-8-6-5-7-9-11-13(2)15(4)14(12)3/h8,10H,5-7,9,11H2,1-4H3/b10-8?,14-12?,15-13-. The Kier molecular flexibility index (Phi) is 4.87. The van der Waals surface area contributed by atoms with Crippen LogP contribution in [0.5, 0.6) is 0 Å². The van der Waals surface area contributed by atoms with Crippen molar-refractivity contribution < 1.29 is 0 Å². The smallest absolute Gasteiger partial charge is 0.0317 e. The van der Waals surface area contributed by atoms with Crippen LogP contribution in [-0.2, 0) is 0 Å². The summed E-state index contributed by atoms with van der Waals surface area (Å²) in [6.45, 7) is 9.02. The van der Waals surface area contributed by atoms with Crippen LogP contribution in [0.15, 0.2) is 34.4 Å². The Balaban J connectivity index is 2.98. The first-order chi connectivity index (χ1) is 7.13. The van der Waals surface area contributed by atoms with Crippen molar-refractivity contribution in [3.8, 4) is 0 Å². The Morgan fingerprint density at radius 3 is 2.33 bits per heavy atom. The molecule has 0 amide bonds. The summed E-state index contributed by atoms with van der Waals surface area (Å²) in [4.78, 5) is 0. The van der Waals surface area contributed by atoms with E-state index >= 15 is 0 Å². The van der Waals surface area contributed by atoms with E-state index in [-0.39, 0.29) is 0 Å². The molecule has 1 aliphatic rings. The molecule has 0 heteroatoms. The van der Waals surface area contributed by atoms with Crippen LogP contribution in [0.1, 0.15) is 59.8 Å². The maximum absolute atomic E-state index is 2.33. The van der Waals surface area contributed by atoms with E-state index in [9.17, 15) is 0 Å². The molecular weight excluding hydrogens is 180 g/mol. The van der Waals surface area contributed by atoms with E-state index in [1.165, 1.54) is 48.8 Å². The van der Waals surface area contributed by atoms with Gasteiger partial charge in [0.05, 0.1) is 0 Å². The summed E-state index contributed by atoms with van der Waals surface area (Å²) >= 11 is 0. The second-order valence-corrected chi connectivity index (χ2v) is 4.72. The second kappa shape index (κ2) is 5.95. The first kappa shape index (κ1) is 12.3. The SMILES string of the molecule is CC1=C(C)/C(C)=C(/C)CCCCCC=C1. The third-order valence-electron chi connectivity index (χ3n) is 3.58. The van der Waals surface area contributed by atoms with Crippen molar-refractivity contribution in [3.63, 3.8) is 0 Å². The first-order valence-electron chi connectivity index (χ1n) is 6.13. The lowest BCUT2D eigenvalue weighted by molar-refractivity contribution is 0.682. The molecule has 0 fully saturated rings. The molecule has 0 aromatic heterocycles. The van der Waals surface area contributed by atoms with Gasteiger partial charge in [0.25, 0.3) is 0 Å². The predicted molar refractivity (Wildman–Crippen MR) is 69.0 cm³/mol. The van der Waals surface area contributed by atoms with Crippen LogP contribution in [0.3, 0.4) is 0 Å². The number of hydrogen-bond donors (Lipinski definition) is 0. The average molecular weight is 204 g/mol. The quantitative estimate of drug-likeness (QED) is 0.510. The molecule has 0 saturated heterocycles. The summed E-state index contributed by atoms with van der Waals surface area (Å²) in [6.07, 6.45) is 11.2. The molecular formula is C15H24. The molecule has 0 spiro atoms. The van der Waals surface area contributed by atoms with E-state index in [0.717, 1.165) is 0 Å². The van der Waals surface area contributed by atoms with E-state index in [1.807, 2.05) is 0 Å². The van der Waals surface area contributed by atoms with E-state index in [4.69, 9.17) is 0 Å². The number of allylic oxidation sites excluding steroid dienone is 6. The molecule has 0 atom stereocenters. The Hall–Kier alpha value is -0.780. The van der Waals surface area contributed by atoms with Crippen molar-refractivity contribution in [2.24, 2.45) is 0 Å². The van der Waals surface area contributed by atoms with Gasteiger partial charge in [-0.1, -0.05) is 24.1 Å². The van der Waals surface area contributed by atoms with E-state index in [1.54, 1.807) is 5.57 Å². The minimum atomic E-state index is 1.24. The van der Waals surface area contributed by atoms with Gasteiger partial charge in [-0.3, -0.25) is 0 Å². The third kappa shape index (κ3) is 3.70. The molecule has 0 bridgehead atoms. The molecule has 0 N–H and O–H groups in total. The van der Waals surface area contributed by atoms with Gasteiger partial charge < -0.3 is 0 Å². The molecule has 0 aliphatic heterocycles. The summed E-state index contributed by atoms with van der Waals surface area (Å²) in [5, 5.41) is 0. The second-order valence-electron chi connectivity index (χ2n) is 4.72. The van der Waals surface area contributed by atoms with Crippen molar-refractivity contribution in [1.82, 2.24) is 0 Å². The minimum Gasteiger partial charge on any atom is -0.0843 e. The van der Waals surface area contributed by atoms with Crippen LogP contribution >= 0.6 is 0 Å². The zero-order valence-electron chi connectivity index (χ0n) is 10.7. The summed E-state index contributed by atoms with van der Waals surface area (Å²) in [7, 11) is 0. The Bertz CT molecular complexity index is 300. The largest absolute Gasteiger partial charge is 0.0843 e. The lowest BCUT2D eigenvalue weighted by atomic mass is 9.96. The van der Waals surface area contributed by atoms with E-state index < -0.39 is 0 Å². The molecule has 0 radical (unpaired) electrons. The Labute approximate surface area is 94.8 Å². The fourth-order valence-electron chi connectivity index (χ4n) is 2.02. The molecule has 0 aromatic carbocycles. The molecule has 0 nitrogen and oxygen atoms in total. The van der Waals surface area contributed by atoms with Crippen LogP contribution < -0.4 is 0 Å². The van der Waals surface area contributed by atoms with Gasteiger partial charge in [0, 0.05) is 0 Å². The highest BCUT2D eigenvalue weighted by atomic mass is 14.1. The van der Waals surface area contributed by atoms with Gasteiger partial charge >= 0.3 is 0 Å². The average Bonchev–Trinajstić information content (AvgIpc) is 2.25. The molecule has 15 heavy (non-hydrogen) atoms. The maximum Gasteiger partial charge on any atom is -0.0317 e. The summed E-state index contributed by atoms with van der Waals surface area (Å²) in [6, 6.07) is 0. The van der Waals surface area contributed by atoms with Gasteiger partial charge in [-0.15, -0.1) is 0 Å². The van der Waals surface area contributed by atoms with Crippen LogP contribution in [0.2, 0.25) is 0 Å². The molecule has 0 unspecified atom stereocenters. The van der Waals surface area contributed by atoms with Crippen molar-refractivity contribution in [2.75, 3.05) is 0 Å². The van der Waals surface area contributed by atoms with Gasteiger partial charge in [0.15, 0.2) is 0 Å². The lowest BCUT2D eigenvalue weighted by Gasteiger charge is -2.10. The minimum absolute atomic E-state index is 1.24. The molecule has 84 valence electrons. The van der Waals surface area contributed by atoms with Gasteiger partial charge in [-0.2, -0.15) is 0 Å². The highest BCUT2D eigenvalue weighted by Gasteiger charge is 2.03. The van der Waals surface area contributed by atoms with Gasteiger partial charge in [0.2, 0.25) is 0 Å². The summed E-state index contributed by atoms with van der Waals surface area (Å²) < 4.78 is 0. The zero-order chi connectivity index (χ0) is 11.3. The van der Waals surface area contributed by atoms with Crippen molar-refractivity contribution in [2.45, 2.75) is 59.8 Å². The van der Waals surface area contributed by atoms with Crippen LogP contribution in [-0.4, -0.2) is 0 Å². The highest BCUT2D eigenvalue weighted by Crippen LogP contribution is 2.23. The van der Waals surface area contributed by atoms with E-state index in [0.29, 0.717) is 0 Å². The molecule has 0 aromatic rings. The van der Waals surface area contributed by atoms with Crippen molar-refractivity contribution in [3.05, 3.63) is 34.4 Å². The molecule has 0 saturated carbocycles. The Morgan fingerprint density at radius 1 is 0.867 bits per heavy atom. The number of rotatable bonds is 0. The van der Waals surface area contributed by atoms with Crippen LogP contribution in [0.25, 0.3) is 0 Å². The summed E-state index contributed by atoms with van der Waals surface area (Å²) in [5.41, 5.74) is 5.96. The van der Waals surface area contributed by atoms with Crippen LogP contribution in [0.4, 0.5) is 0 Å². The predicted octanol–water partition coefficient (Wildman–Crippen LogP) is 5.18. The monoisotopic (exact) mass is 204 g/mol. The van der Waals surface area contributed by atoms with Gasteiger partial charge in [-0.05, 0) is 70.1 Å². The molecule has 0 heterocycles. The van der Waals surface area contributed by atoms with Crippen molar-refractivity contribution in [1.29, 1.82) is 0 Å². The topological polar surface area (TPSA) is 0 Å². The maximum atomic E-state index is 2.33. The first-order valence-corrected chi connectivity index (χ1v) is 6.13. The van der Waals surface area contributed by atoms with E-state index in [2.05, 4.69) is 39.8 Å². The molecule has 1 aliphatic carbocycles. The third-order valence-corrected chi connectivity index (χ3v) is 3.58. The Morgan fingerprint density at radius 2 is 1.60 bits per heavy atom. The number of hydrogen-bond acceptors (Lipinski definition) is 0. The van der Waals surface area contributed by atoms with Crippen LogP contribution in [0, 0.1) is 0 Å². The normalized spacial score (nSPS) is 25.3. The zero-order valence-corrected chi connectivity index (χ0v) is 10.7. The summed E-state index contributed by atoms with van der Waals surface area (Å²) in [5.74, 6) is 0. The highest BCUT2D eigenvalue weighted by molar-refractivity contribution is 5.39. The fourth-order valence-corrected chi connectivity index (χ4v) is 2.02.